The third-order valence-corrected chi connectivity index (χ3v) is 3.82. The minimum absolute atomic E-state index is 0.0730. The Labute approximate surface area is 96.6 Å². The van der Waals surface area contributed by atoms with E-state index in [2.05, 4.69) is 0 Å². The van der Waals surface area contributed by atoms with Crippen molar-refractivity contribution in [2.24, 2.45) is 17.3 Å². The average Bonchev–Trinajstić information content (AvgIpc) is 2.27. The average molecular weight is 227 g/mol. The Balaban J connectivity index is 2.76. The molecular formula is C12H21NO3. The number of rotatable bonds is 5. The van der Waals surface area contributed by atoms with E-state index in [1.165, 1.54) is 6.42 Å². The summed E-state index contributed by atoms with van der Waals surface area (Å²) in [6.45, 7) is 3.57. The van der Waals surface area contributed by atoms with Gasteiger partial charge in [-0.2, -0.15) is 0 Å². The highest BCUT2D eigenvalue weighted by Crippen LogP contribution is 2.39. The zero-order valence-electron chi connectivity index (χ0n) is 10.1. The van der Waals surface area contributed by atoms with Gasteiger partial charge in [-0.15, -0.1) is 0 Å². The number of hydrogen-bond donors (Lipinski definition) is 0. The van der Waals surface area contributed by atoms with Crippen molar-refractivity contribution in [3.8, 4) is 0 Å². The molecule has 0 spiro atoms. The smallest absolute Gasteiger partial charge is 0.207 e. The molecule has 4 heteroatoms. The van der Waals surface area contributed by atoms with Crippen molar-refractivity contribution < 1.29 is 9.72 Å². The fraction of sp³-hybridized carbons (Fsp3) is 0.917. The van der Waals surface area contributed by atoms with Gasteiger partial charge in [-0.3, -0.25) is 10.1 Å². The Hall–Kier alpha value is -0.930. The first kappa shape index (κ1) is 13.1. The number of carbonyl (C=O) groups excluding carboxylic acids is 1. The maximum absolute atomic E-state index is 11.1. The molecule has 1 atom stereocenters. The molecule has 0 aromatic rings. The van der Waals surface area contributed by atoms with Gasteiger partial charge in [0, 0.05) is 16.3 Å². The van der Waals surface area contributed by atoms with Gasteiger partial charge in [-0.25, -0.2) is 0 Å². The number of aldehydes is 1. The normalized spacial score (nSPS) is 20.4. The van der Waals surface area contributed by atoms with Gasteiger partial charge >= 0.3 is 0 Å². The lowest BCUT2D eigenvalue weighted by Crippen LogP contribution is -2.38. The second-order valence-electron chi connectivity index (χ2n) is 5.46. The van der Waals surface area contributed by atoms with Gasteiger partial charge in [-0.05, 0) is 18.8 Å². The molecule has 0 heterocycles. The summed E-state index contributed by atoms with van der Waals surface area (Å²) in [4.78, 5) is 21.5. The highest BCUT2D eigenvalue weighted by molar-refractivity contribution is 5.58. The lowest BCUT2D eigenvalue weighted by molar-refractivity contribution is -0.493. The molecule has 1 unspecified atom stereocenters. The largest absolute Gasteiger partial charge is 0.303 e. The van der Waals surface area contributed by atoms with Crippen LogP contribution in [0.3, 0.4) is 0 Å². The Bertz CT molecular complexity index is 257. The lowest BCUT2D eigenvalue weighted by Gasteiger charge is -2.35. The molecule has 1 rings (SSSR count). The van der Waals surface area contributed by atoms with Crippen molar-refractivity contribution in [3.63, 3.8) is 0 Å². The topological polar surface area (TPSA) is 60.2 Å². The van der Waals surface area contributed by atoms with Crippen molar-refractivity contribution in [1.29, 1.82) is 0 Å². The molecule has 0 aromatic carbocycles. The van der Waals surface area contributed by atoms with Gasteiger partial charge in [0.05, 0.1) is 0 Å². The monoisotopic (exact) mass is 227 g/mol. The van der Waals surface area contributed by atoms with Crippen LogP contribution in [-0.2, 0) is 4.79 Å². The van der Waals surface area contributed by atoms with Crippen LogP contribution < -0.4 is 0 Å². The predicted molar refractivity (Wildman–Crippen MR) is 61.8 cm³/mol. The molecule has 0 saturated heterocycles. The third kappa shape index (κ3) is 3.29. The van der Waals surface area contributed by atoms with Gasteiger partial charge in [0.2, 0.25) is 6.54 Å². The van der Waals surface area contributed by atoms with E-state index in [1.54, 1.807) is 0 Å². The van der Waals surface area contributed by atoms with E-state index in [0.29, 0.717) is 5.92 Å². The molecule has 1 aliphatic carbocycles. The Morgan fingerprint density at radius 3 is 2.38 bits per heavy atom. The molecule has 0 aromatic heterocycles. The molecule has 92 valence electrons. The summed E-state index contributed by atoms with van der Waals surface area (Å²) < 4.78 is 0. The van der Waals surface area contributed by atoms with Gasteiger partial charge in [0.15, 0.2) is 0 Å². The van der Waals surface area contributed by atoms with Crippen LogP contribution in [-0.4, -0.2) is 17.8 Å². The molecule has 1 aliphatic rings. The minimum atomic E-state index is -0.574. The second kappa shape index (κ2) is 5.41. The Morgan fingerprint density at radius 2 is 1.94 bits per heavy atom. The van der Waals surface area contributed by atoms with Gasteiger partial charge in [0.1, 0.15) is 6.29 Å². The van der Waals surface area contributed by atoms with Crippen molar-refractivity contribution >= 4 is 6.29 Å². The van der Waals surface area contributed by atoms with E-state index >= 15 is 0 Å². The molecule has 1 fully saturated rings. The van der Waals surface area contributed by atoms with Gasteiger partial charge in [-0.1, -0.05) is 33.1 Å². The van der Waals surface area contributed by atoms with Gasteiger partial charge < -0.3 is 4.79 Å². The molecule has 4 nitrogen and oxygen atoms in total. The van der Waals surface area contributed by atoms with E-state index in [1.807, 2.05) is 13.8 Å². The van der Waals surface area contributed by atoms with Crippen LogP contribution >= 0.6 is 0 Å². The van der Waals surface area contributed by atoms with Crippen molar-refractivity contribution in [3.05, 3.63) is 10.1 Å². The predicted octanol–water partition coefficient (Wildman–Crippen LogP) is 2.68. The maximum Gasteiger partial charge on any atom is 0.207 e. The molecule has 0 bridgehead atoms. The second-order valence-corrected chi connectivity index (χ2v) is 5.46. The summed E-state index contributed by atoms with van der Waals surface area (Å²) in [5.41, 5.74) is -0.574. The lowest BCUT2D eigenvalue weighted by atomic mass is 9.68. The fourth-order valence-corrected chi connectivity index (χ4v) is 2.78. The summed E-state index contributed by atoms with van der Waals surface area (Å²) in [5, 5.41) is 10.7. The van der Waals surface area contributed by atoms with Crippen LogP contribution in [0.5, 0.6) is 0 Å². The number of nitro groups is 1. The first-order valence-corrected chi connectivity index (χ1v) is 6.05. The van der Waals surface area contributed by atoms with Crippen LogP contribution in [0.25, 0.3) is 0 Å². The van der Waals surface area contributed by atoms with E-state index in [-0.39, 0.29) is 17.4 Å². The summed E-state index contributed by atoms with van der Waals surface area (Å²) >= 11 is 0. The van der Waals surface area contributed by atoms with Crippen LogP contribution in [0, 0.1) is 27.4 Å². The van der Waals surface area contributed by atoms with E-state index < -0.39 is 5.41 Å². The maximum atomic E-state index is 11.1. The molecule has 0 aliphatic heterocycles. The quantitative estimate of drug-likeness (QED) is 0.412. The highest BCUT2D eigenvalue weighted by Gasteiger charge is 2.39. The summed E-state index contributed by atoms with van der Waals surface area (Å²) in [5.74, 6) is 0.236. The molecular weight excluding hydrogens is 206 g/mol. The van der Waals surface area contributed by atoms with Crippen LogP contribution in [0.15, 0.2) is 0 Å². The van der Waals surface area contributed by atoms with Crippen molar-refractivity contribution in [1.82, 2.24) is 0 Å². The Morgan fingerprint density at radius 1 is 1.38 bits per heavy atom. The van der Waals surface area contributed by atoms with E-state index in [9.17, 15) is 14.9 Å². The van der Waals surface area contributed by atoms with Crippen molar-refractivity contribution in [2.75, 3.05) is 6.54 Å². The fourth-order valence-electron chi connectivity index (χ4n) is 2.78. The first-order chi connectivity index (χ1) is 7.47. The third-order valence-electron chi connectivity index (χ3n) is 3.82. The van der Waals surface area contributed by atoms with Crippen molar-refractivity contribution in [2.45, 2.75) is 46.0 Å². The molecule has 0 N–H and O–H groups in total. The Kier molecular flexibility index (Phi) is 4.44. The van der Waals surface area contributed by atoms with Crippen LogP contribution in [0.4, 0.5) is 0 Å². The number of hydrogen-bond acceptors (Lipinski definition) is 3. The summed E-state index contributed by atoms with van der Waals surface area (Å²) in [6.07, 6.45) is 6.48. The highest BCUT2D eigenvalue weighted by atomic mass is 16.6. The molecule has 0 amide bonds. The summed E-state index contributed by atoms with van der Waals surface area (Å²) in [6, 6.07) is 0. The number of nitrogens with zero attached hydrogens (tertiary/aromatic N) is 1. The first-order valence-electron chi connectivity index (χ1n) is 6.05. The van der Waals surface area contributed by atoms with Crippen LogP contribution in [0.1, 0.15) is 46.0 Å². The zero-order chi connectivity index (χ0) is 12.2. The van der Waals surface area contributed by atoms with E-state index in [4.69, 9.17) is 0 Å². The molecule has 1 saturated carbocycles. The molecule has 16 heavy (non-hydrogen) atoms. The minimum Gasteiger partial charge on any atom is -0.303 e. The SMILES string of the molecule is CC(C)(C=O)C(C[N+](=O)[O-])C1CCCCC1. The molecule has 0 radical (unpaired) electrons. The van der Waals surface area contributed by atoms with Crippen LogP contribution in [0.2, 0.25) is 0 Å². The standard InChI is InChI=1S/C12H21NO3/c1-12(2,9-14)11(8-13(15)16)10-6-4-3-5-7-10/h9-11H,3-8H2,1-2H3. The van der Waals surface area contributed by atoms with Gasteiger partial charge in [0.25, 0.3) is 0 Å². The zero-order valence-corrected chi connectivity index (χ0v) is 10.1. The number of carbonyl (C=O) groups is 1. The van der Waals surface area contributed by atoms with E-state index in [0.717, 1.165) is 32.0 Å². The summed E-state index contributed by atoms with van der Waals surface area (Å²) in [7, 11) is 0.